The van der Waals surface area contributed by atoms with Gasteiger partial charge in [-0.3, -0.25) is 9.89 Å². The lowest BCUT2D eigenvalue weighted by Gasteiger charge is -2.01. The second-order valence-corrected chi connectivity index (χ2v) is 3.60. The average Bonchev–Trinajstić information content (AvgIpc) is 2.88. The number of aryl methyl sites for hydroxylation is 1. The minimum absolute atomic E-state index is 0.108. The van der Waals surface area contributed by atoms with E-state index in [0.717, 1.165) is 0 Å². The van der Waals surface area contributed by atoms with Crippen LogP contribution < -0.4 is 5.32 Å². The van der Waals surface area contributed by atoms with E-state index in [4.69, 9.17) is 5.26 Å². The van der Waals surface area contributed by atoms with Crippen molar-refractivity contribution < 1.29 is 4.79 Å². The van der Waals surface area contributed by atoms with Gasteiger partial charge in [-0.1, -0.05) is 6.92 Å². The van der Waals surface area contributed by atoms with Crippen molar-refractivity contribution >= 4 is 11.6 Å². The maximum absolute atomic E-state index is 11.8. The summed E-state index contributed by atoms with van der Waals surface area (Å²) >= 11 is 0. The summed E-state index contributed by atoms with van der Waals surface area (Å²) in [5.41, 5.74) is 1.14. The van der Waals surface area contributed by atoms with Crippen molar-refractivity contribution in [2.24, 2.45) is 0 Å². The molecule has 0 radical (unpaired) electrons. The number of H-pyrrole nitrogens is 1. The molecule has 6 heteroatoms. The van der Waals surface area contributed by atoms with E-state index in [9.17, 15) is 4.79 Å². The van der Waals surface area contributed by atoms with E-state index < -0.39 is 0 Å². The third-order valence-corrected chi connectivity index (χ3v) is 2.34. The summed E-state index contributed by atoms with van der Waals surface area (Å²) in [7, 11) is 0. The first-order valence-corrected chi connectivity index (χ1v) is 5.45. The fourth-order valence-corrected chi connectivity index (χ4v) is 1.37. The normalized spacial score (nSPS) is 9.78. The summed E-state index contributed by atoms with van der Waals surface area (Å²) in [6.07, 6.45) is 0.692. The molecule has 1 amide bonds. The van der Waals surface area contributed by atoms with E-state index >= 15 is 0 Å². The first-order valence-electron chi connectivity index (χ1n) is 5.45. The van der Waals surface area contributed by atoms with Crippen LogP contribution in [-0.4, -0.2) is 21.1 Å². The van der Waals surface area contributed by atoms with E-state index in [1.165, 1.54) is 0 Å². The third kappa shape index (κ3) is 2.52. The average molecular weight is 241 g/mol. The standard InChI is InChI=1S/C12H11N5O/c1-2-10-15-11(17-16-10)12(18)14-9-5-3-8(7-13)4-6-9/h3-6H,2H2,1H3,(H,14,18)(H,15,16,17). The fraction of sp³-hybridized carbons (Fsp3) is 0.167. The number of benzene rings is 1. The van der Waals surface area contributed by atoms with Gasteiger partial charge in [-0.05, 0) is 24.3 Å². The topological polar surface area (TPSA) is 94.5 Å². The number of amides is 1. The second-order valence-electron chi connectivity index (χ2n) is 3.60. The predicted octanol–water partition coefficient (Wildman–Crippen LogP) is 1.49. The fourth-order valence-electron chi connectivity index (χ4n) is 1.37. The Morgan fingerprint density at radius 2 is 2.17 bits per heavy atom. The van der Waals surface area contributed by atoms with E-state index in [1.807, 2.05) is 13.0 Å². The van der Waals surface area contributed by atoms with Crippen molar-refractivity contribution in [3.8, 4) is 6.07 Å². The Hall–Kier alpha value is -2.68. The van der Waals surface area contributed by atoms with Crippen LogP contribution in [0.25, 0.3) is 0 Å². The van der Waals surface area contributed by atoms with Crippen LogP contribution in [0.5, 0.6) is 0 Å². The van der Waals surface area contributed by atoms with Gasteiger partial charge in [0, 0.05) is 12.1 Å². The molecule has 0 atom stereocenters. The van der Waals surface area contributed by atoms with E-state index in [0.29, 0.717) is 23.5 Å². The molecule has 0 aliphatic heterocycles. The number of anilines is 1. The highest BCUT2D eigenvalue weighted by Gasteiger charge is 2.11. The highest BCUT2D eigenvalue weighted by molar-refractivity contribution is 6.01. The molecule has 18 heavy (non-hydrogen) atoms. The van der Waals surface area contributed by atoms with Crippen molar-refractivity contribution in [1.82, 2.24) is 15.2 Å². The zero-order valence-corrected chi connectivity index (χ0v) is 9.77. The van der Waals surface area contributed by atoms with Gasteiger partial charge in [0.05, 0.1) is 11.6 Å². The number of nitrogens with one attached hydrogen (secondary N) is 2. The zero-order chi connectivity index (χ0) is 13.0. The molecule has 0 spiro atoms. The predicted molar refractivity (Wildman–Crippen MR) is 64.9 cm³/mol. The molecule has 2 N–H and O–H groups in total. The number of carbonyl (C=O) groups excluding carboxylic acids is 1. The lowest BCUT2D eigenvalue weighted by atomic mass is 10.2. The quantitative estimate of drug-likeness (QED) is 0.851. The Labute approximate surface area is 104 Å². The van der Waals surface area contributed by atoms with Crippen LogP contribution in [0.15, 0.2) is 24.3 Å². The number of aromatic nitrogens is 3. The Bertz CT molecular complexity index is 594. The van der Waals surface area contributed by atoms with Gasteiger partial charge in [-0.15, -0.1) is 5.10 Å². The van der Waals surface area contributed by atoms with Crippen molar-refractivity contribution in [3.05, 3.63) is 41.5 Å². The largest absolute Gasteiger partial charge is 0.319 e. The molecule has 90 valence electrons. The third-order valence-electron chi connectivity index (χ3n) is 2.34. The molecule has 0 aliphatic rings. The summed E-state index contributed by atoms with van der Waals surface area (Å²) in [5, 5.41) is 17.8. The summed E-state index contributed by atoms with van der Waals surface area (Å²) < 4.78 is 0. The van der Waals surface area contributed by atoms with Gasteiger partial charge in [0.2, 0.25) is 5.82 Å². The number of nitrogens with zero attached hydrogens (tertiary/aromatic N) is 3. The van der Waals surface area contributed by atoms with Crippen LogP contribution in [0.3, 0.4) is 0 Å². The lowest BCUT2D eigenvalue weighted by molar-refractivity contribution is 0.101. The molecular weight excluding hydrogens is 230 g/mol. The van der Waals surface area contributed by atoms with Gasteiger partial charge in [0.25, 0.3) is 5.91 Å². The number of aromatic amines is 1. The van der Waals surface area contributed by atoms with Gasteiger partial charge < -0.3 is 5.32 Å². The summed E-state index contributed by atoms with van der Waals surface area (Å²) in [5.74, 6) is 0.395. The molecular formula is C12H11N5O. The van der Waals surface area contributed by atoms with Crippen molar-refractivity contribution in [1.29, 1.82) is 5.26 Å². The maximum atomic E-state index is 11.8. The highest BCUT2D eigenvalue weighted by Crippen LogP contribution is 2.09. The number of rotatable bonds is 3. The van der Waals surface area contributed by atoms with Crippen molar-refractivity contribution in [3.63, 3.8) is 0 Å². The van der Waals surface area contributed by atoms with E-state index in [-0.39, 0.29) is 11.7 Å². The molecule has 2 rings (SSSR count). The Kier molecular flexibility index (Phi) is 3.34. The first kappa shape index (κ1) is 11.8. The smallest absolute Gasteiger partial charge is 0.295 e. The van der Waals surface area contributed by atoms with E-state index in [1.54, 1.807) is 24.3 Å². The molecule has 0 saturated heterocycles. The molecule has 0 fully saturated rings. The van der Waals surface area contributed by atoms with Gasteiger partial charge in [-0.2, -0.15) is 5.26 Å². The van der Waals surface area contributed by atoms with E-state index in [2.05, 4.69) is 20.5 Å². The Balaban J connectivity index is 2.08. The van der Waals surface area contributed by atoms with Crippen molar-refractivity contribution in [2.45, 2.75) is 13.3 Å². The molecule has 1 aromatic heterocycles. The van der Waals surface area contributed by atoms with Gasteiger partial charge in [-0.25, -0.2) is 4.98 Å². The van der Waals surface area contributed by atoms with Crippen LogP contribution in [0.1, 0.15) is 28.9 Å². The molecule has 1 aromatic carbocycles. The number of nitriles is 1. The monoisotopic (exact) mass is 241 g/mol. The van der Waals surface area contributed by atoms with Gasteiger partial charge in [0.15, 0.2) is 0 Å². The van der Waals surface area contributed by atoms with Crippen LogP contribution in [-0.2, 0) is 6.42 Å². The number of carbonyl (C=O) groups is 1. The van der Waals surface area contributed by atoms with Crippen LogP contribution in [0.2, 0.25) is 0 Å². The molecule has 2 aromatic rings. The summed E-state index contributed by atoms with van der Waals surface area (Å²) in [4.78, 5) is 15.8. The molecule has 0 unspecified atom stereocenters. The maximum Gasteiger partial charge on any atom is 0.295 e. The zero-order valence-electron chi connectivity index (χ0n) is 9.77. The molecule has 0 bridgehead atoms. The Morgan fingerprint density at radius 3 is 2.72 bits per heavy atom. The second kappa shape index (κ2) is 5.10. The van der Waals surface area contributed by atoms with Crippen LogP contribution in [0.4, 0.5) is 5.69 Å². The number of hydrogen-bond donors (Lipinski definition) is 2. The first-order chi connectivity index (χ1) is 8.72. The van der Waals surface area contributed by atoms with Crippen LogP contribution in [0, 0.1) is 11.3 Å². The Morgan fingerprint density at radius 1 is 1.44 bits per heavy atom. The van der Waals surface area contributed by atoms with Gasteiger partial charge in [0.1, 0.15) is 5.82 Å². The van der Waals surface area contributed by atoms with Crippen molar-refractivity contribution in [2.75, 3.05) is 5.32 Å². The minimum atomic E-state index is -0.379. The SMILES string of the molecule is CCc1nc(C(=O)Nc2ccc(C#N)cc2)n[nH]1. The molecule has 1 heterocycles. The molecule has 0 aliphatic carbocycles. The number of hydrogen-bond acceptors (Lipinski definition) is 4. The molecule has 0 saturated carbocycles. The minimum Gasteiger partial charge on any atom is -0.319 e. The van der Waals surface area contributed by atoms with Gasteiger partial charge >= 0.3 is 0 Å². The van der Waals surface area contributed by atoms with Crippen LogP contribution >= 0.6 is 0 Å². The molecule has 6 nitrogen and oxygen atoms in total. The lowest BCUT2D eigenvalue weighted by Crippen LogP contribution is -2.13. The summed E-state index contributed by atoms with van der Waals surface area (Å²) in [6, 6.07) is 8.58. The highest BCUT2D eigenvalue weighted by atomic mass is 16.2. The summed E-state index contributed by atoms with van der Waals surface area (Å²) in [6.45, 7) is 1.92.